The lowest BCUT2D eigenvalue weighted by Crippen LogP contribution is -2.06. The summed E-state index contributed by atoms with van der Waals surface area (Å²) >= 11 is 0. The quantitative estimate of drug-likeness (QED) is 0.465. The zero-order valence-electron chi connectivity index (χ0n) is 14.4. The van der Waals surface area contributed by atoms with E-state index in [2.05, 4.69) is 0 Å². The Hall–Kier alpha value is -3.05. The third-order valence-electron chi connectivity index (χ3n) is 4.09. The monoisotopic (exact) mass is 380 g/mol. The van der Waals surface area contributed by atoms with Crippen molar-refractivity contribution in [2.75, 3.05) is 0 Å². The van der Waals surface area contributed by atoms with E-state index in [1.807, 2.05) is 12.2 Å². The van der Waals surface area contributed by atoms with Gasteiger partial charge in [0.2, 0.25) is 9.84 Å². The first kappa shape index (κ1) is 18.7. The molecular weight excluding hydrogens is 363 g/mol. The van der Waals surface area contributed by atoms with Crippen LogP contribution in [-0.4, -0.2) is 14.7 Å². The van der Waals surface area contributed by atoms with Crippen LogP contribution < -0.4 is 0 Å². The van der Waals surface area contributed by atoms with E-state index < -0.39 is 9.84 Å². The van der Waals surface area contributed by atoms with Crippen LogP contribution in [0, 0.1) is 5.82 Å². The molecule has 0 aromatic heterocycles. The van der Waals surface area contributed by atoms with E-state index in [1.54, 1.807) is 42.5 Å². The lowest BCUT2D eigenvalue weighted by molar-refractivity contribution is -0.107. The van der Waals surface area contributed by atoms with E-state index in [0.29, 0.717) is 11.8 Å². The van der Waals surface area contributed by atoms with Crippen LogP contribution in [0.25, 0.3) is 12.2 Å². The number of aldehydes is 1. The van der Waals surface area contributed by atoms with Crippen molar-refractivity contribution in [3.05, 3.63) is 95.3 Å². The molecule has 3 aromatic carbocycles. The molecule has 0 heterocycles. The maximum absolute atomic E-state index is 12.9. The molecule has 0 atom stereocenters. The molecule has 0 aliphatic carbocycles. The van der Waals surface area contributed by atoms with Crippen molar-refractivity contribution in [2.24, 2.45) is 0 Å². The smallest absolute Gasteiger partial charge is 0.206 e. The van der Waals surface area contributed by atoms with Crippen molar-refractivity contribution < 1.29 is 17.6 Å². The van der Waals surface area contributed by atoms with Gasteiger partial charge in [0.1, 0.15) is 12.1 Å². The minimum absolute atomic E-state index is 0.0495. The molecule has 0 aliphatic heterocycles. The minimum atomic E-state index is -3.71. The Morgan fingerprint density at radius 3 is 1.93 bits per heavy atom. The zero-order valence-corrected chi connectivity index (χ0v) is 15.2. The first-order valence-electron chi connectivity index (χ1n) is 8.31. The summed E-state index contributed by atoms with van der Waals surface area (Å²) in [6.07, 6.45) is 4.39. The van der Waals surface area contributed by atoms with E-state index >= 15 is 0 Å². The van der Waals surface area contributed by atoms with Gasteiger partial charge in [0.15, 0.2) is 0 Å². The van der Waals surface area contributed by atoms with Gasteiger partial charge in [0, 0.05) is 6.42 Å². The number of carbonyl (C=O) groups excluding carboxylic acids is 1. The normalized spacial score (nSPS) is 11.6. The van der Waals surface area contributed by atoms with E-state index in [4.69, 9.17) is 0 Å². The van der Waals surface area contributed by atoms with Crippen LogP contribution >= 0.6 is 0 Å². The van der Waals surface area contributed by atoms with Crippen molar-refractivity contribution in [3.63, 3.8) is 0 Å². The molecule has 0 radical (unpaired) electrons. The number of benzene rings is 3. The van der Waals surface area contributed by atoms with Gasteiger partial charge in [0.25, 0.3) is 0 Å². The molecule has 0 aliphatic rings. The molecule has 0 N–H and O–H groups in total. The summed E-state index contributed by atoms with van der Waals surface area (Å²) in [5.74, 6) is -0.295. The van der Waals surface area contributed by atoms with Crippen molar-refractivity contribution in [1.82, 2.24) is 0 Å². The second-order valence-corrected chi connectivity index (χ2v) is 7.85. The van der Waals surface area contributed by atoms with Crippen LogP contribution in [0.2, 0.25) is 0 Å². The van der Waals surface area contributed by atoms with Gasteiger partial charge in [-0.2, -0.15) is 0 Å². The lowest BCUT2D eigenvalue weighted by Gasteiger charge is -2.09. The number of hydrogen-bond acceptors (Lipinski definition) is 3. The van der Waals surface area contributed by atoms with E-state index in [-0.39, 0.29) is 22.0 Å². The molecule has 0 saturated heterocycles. The molecule has 136 valence electrons. The van der Waals surface area contributed by atoms with Crippen molar-refractivity contribution in [1.29, 1.82) is 0 Å². The highest BCUT2D eigenvalue weighted by atomic mass is 32.2. The van der Waals surface area contributed by atoms with Crippen LogP contribution in [0.15, 0.2) is 82.6 Å². The average molecular weight is 380 g/mol. The fourth-order valence-corrected chi connectivity index (χ4v) is 4.18. The van der Waals surface area contributed by atoms with Crippen LogP contribution in [-0.2, 0) is 21.1 Å². The molecule has 0 saturated carbocycles. The summed E-state index contributed by atoms with van der Waals surface area (Å²) in [5.41, 5.74) is 2.14. The van der Waals surface area contributed by atoms with Crippen molar-refractivity contribution in [3.8, 4) is 0 Å². The van der Waals surface area contributed by atoms with Gasteiger partial charge in [-0.1, -0.05) is 54.6 Å². The molecule has 0 unspecified atom stereocenters. The Bertz CT molecular complexity index is 1070. The highest BCUT2D eigenvalue weighted by Gasteiger charge is 2.20. The van der Waals surface area contributed by atoms with E-state index in [9.17, 15) is 17.6 Å². The second kappa shape index (κ2) is 8.10. The largest absolute Gasteiger partial charge is 0.303 e. The van der Waals surface area contributed by atoms with Crippen LogP contribution in [0.4, 0.5) is 4.39 Å². The Balaban J connectivity index is 1.86. The van der Waals surface area contributed by atoms with Gasteiger partial charge in [0.05, 0.1) is 9.79 Å². The number of halogens is 1. The van der Waals surface area contributed by atoms with Gasteiger partial charge in [-0.15, -0.1) is 0 Å². The molecule has 5 heteroatoms. The van der Waals surface area contributed by atoms with E-state index in [1.165, 1.54) is 30.3 Å². The predicted octanol–water partition coefficient (Wildman–Crippen LogP) is 4.57. The summed E-state index contributed by atoms with van der Waals surface area (Å²) in [5, 5.41) is 0. The Morgan fingerprint density at radius 1 is 0.778 bits per heavy atom. The zero-order chi connectivity index (χ0) is 19.3. The summed E-state index contributed by atoms with van der Waals surface area (Å²) in [6, 6.07) is 19.1. The Morgan fingerprint density at radius 2 is 1.33 bits per heavy atom. The number of sulfone groups is 1. The predicted molar refractivity (Wildman–Crippen MR) is 103 cm³/mol. The lowest BCUT2D eigenvalue weighted by atomic mass is 10.1. The first-order valence-corrected chi connectivity index (χ1v) is 9.79. The molecule has 3 rings (SSSR count). The summed E-state index contributed by atoms with van der Waals surface area (Å²) in [7, 11) is -3.71. The molecule has 0 spiro atoms. The molecule has 3 aromatic rings. The third kappa shape index (κ3) is 4.38. The van der Waals surface area contributed by atoms with Crippen LogP contribution in [0.5, 0.6) is 0 Å². The number of rotatable bonds is 6. The van der Waals surface area contributed by atoms with Crippen molar-refractivity contribution >= 4 is 28.3 Å². The average Bonchev–Trinajstić information content (AvgIpc) is 2.68. The molecule has 0 fully saturated rings. The maximum atomic E-state index is 12.9. The fourth-order valence-electron chi connectivity index (χ4n) is 2.68. The second-order valence-electron chi connectivity index (χ2n) is 5.94. The molecular formula is C22H17FO3S. The maximum Gasteiger partial charge on any atom is 0.206 e. The first-order chi connectivity index (χ1) is 13.0. The minimum Gasteiger partial charge on any atom is -0.303 e. The Labute approximate surface area is 157 Å². The van der Waals surface area contributed by atoms with Crippen LogP contribution in [0.1, 0.15) is 16.7 Å². The third-order valence-corrected chi connectivity index (χ3v) is 5.96. The number of hydrogen-bond donors (Lipinski definition) is 0. The van der Waals surface area contributed by atoms with Gasteiger partial charge in [-0.3, -0.25) is 0 Å². The summed E-state index contributed by atoms with van der Waals surface area (Å²) in [4.78, 5) is 11.1. The summed E-state index contributed by atoms with van der Waals surface area (Å²) in [6.45, 7) is 0. The van der Waals surface area contributed by atoms with Crippen molar-refractivity contribution in [2.45, 2.75) is 16.2 Å². The number of carbonyl (C=O) groups is 1. The standard InChI is InChI=1S/C22H17FO3S/c23-20-11-7-17(8-12-20)5-6-18-9-13-21(14-10-18)27(25,26)22-4-2-1-3-19(22)15-16-24/h1-14,16H,15H2/b6-5+. The highest BCUT2D eigenvalue weighted by molar-refractivity contribution is 7.91. The molecule has 3 nitrogen and oxygen atoms in total. The van der Waals surface area contributed by atoms with Gasteiger partial charge in [-0.25, -0.2) is 12.8 Å². The topological polar surface area (TPSA) is 51.2 Å². The molecule has 0 amide bonds. The molecule has 27 heavy (non-hydrogen) atoms. The fraction of sp³-hybridized carbons (Fsp3) is 0.0455. The van der Waals surface area contributed by atoms with Gasteiger partial charge >= 0.3 is 0 Å². The molecule has 0 bridgehead atoms. The highest BCUT2D eigenvalue weighted by Crippen LogP contribution is 2.25. The van der Waals surface area contributed by atoms with E-state index in [0.717, 1.165) is 11.1 Å². The van der Waals surface area contributed by atoms with Gasteiger partial charge < -0.3 is 4.79 Å². The Kier molecular flexibility index (Phi) is 5.62. The van der Waals surface area contributed by atoms with Crippen LogP contribution in [0.3, 0.4) is 0 Å². The summed E-state index contributed by atoms with van der Waals surface area (Å²) < 4.78 is 38.7. The SMILES string of the molecule is O=CCc1ccccc1S(=O)(=O)c1ccc(/C=C/c2ccc(F)cc2)cc1. The van der Waals surface area contributed by atoms with Gasteiger partial charge in [-0.05, 0) is 47.0 Å².